The Bertz CT molecular complexity index is 1720. The molecule has 5 rings (SSSR count). The minimum absolute atomic E-state index is 0.324. The maximum absolute atomic E-state index is 13.3. The lowest BCUT2D eigenvalue weighted by molar-refractivity contribution is 0.0526. The quantitative estimate of drug-likeness (QED) is 0.252. The van der Waals surface area contributed by atoms with E-state index in [2.05, 4.69) is 31.0 Å². The molecule has 1 aliphatic rings. The van der Waals surface area contributed by atoms with Crippen LogP contribution in [0.1, 0.15) is 22.8 Å². The SMILES string of the molecule is CCOC(=O)c1ccc(NC(=S)N2CCN(c3nc4c(c(=O)n(C)c(=O)n4C)n3Cc3ccc(Br)cc3)CC2)cc1. The molecule has 3 heterocycles. The number of aromatic nitrogens is 4. The Hall–Kier alpha value is -3.97. The molecule has 214 valence electrons. The number of nitrogens with zero attached hydrogens (tertiary/aromatic N) is 6. The molecular weight excluding hydrogens is 610 g/mol. The molecule has 0 unspecified atom stereocenters. The molecule has 0 saturated carbocycles. The summed E-state index contributed by atoms with van der Waals surface area (Å²) in [5.41, 5.74) is 2.21. The summed E-state index contributed by atoms with van der Waals surface area (Å²) in [6, 6.07) is 14.9. The zero-order valence-electron chi connectivity index (χ0n) is 23.0. The lowest BCUT2D eigenvalue weighted by atomic mass is 10.2. The van der Waals surface area contributed by atoms with E-state index >= 15 is 0 Å². The number of carbonyl (C=O) groups excluding carboxylic acids is 1. The first-order chi connectivity index (χ1) is 19.7. The zero-order valence-corrected chi connectivity index (χ0v) is 25.4. The number of nitrogens with one attached hydrogen (secondary N) is 1. The predicted octanol–water partition coefficient (Wildman–Crippen LogP) is 2.94. The monoisotopic (exact) mass is 639 g/mol. The molecule has 1 saturated heterocycles. The molecule has 0 atom stereocenters. The molecule has 1 N–H and O–H groups in total. The lowest BCUT2D eigenvalue weighted by Gasteiger charge is -2.36. The first-order valence-corrected chi connectivity index (χ1v) is 14.4. The van der Waals surface area contributed by atoms with Gasteiger partial charge in [0.05, 0.1) is 18.7 Å². The maximum atomic E-state index is 13.3. The minimum atomic E-state index is -0.418. The summed E-state index contributed by atoms with van der Waals surface area (Å²) < 4.78 is 10.4. The molecule has 0 amide bonds. The Morgan fingerprint density at radius 2 is 1.66 bits per heavy atom. The number of hydrogen-bond donors (Lipinski definition) is 1. The number of ether oxygens (including phenoxy) is 1. The zero-order chi connectivity index (χ0) is 29.3. The van der Waals surface area contributed by atoms with Crippen molar-refractivity contribution < 1.29 is 9.53 Å². The molecular formula is C28H30BrN7O4S. The van der Waals surface area contributed by atoms with Gasteiger partial charge in [0, 0.05) is 50.4 Å². The van der Waals surface area contributed by atoms with E-state index in [9.17, 15) is 14.4 Å². The van der Waals surface area contributed by atoms with Crippen LogP contribution in [-0.4, -0.2) is 67.5 Å². The van der Waals surface area contributed by atoms with E-state index in [1.54, 1.807) is 38.2 Å². The third-order valence-corrected chi connectivity index (χ3v) is 7.97. The standard InChI is InChI=1S/C28H30BrN7O4S/c1-4-40-25(38)19-7-11-21(12-8-19)30-27(41)35-15-13-34(14-16-35)26-31-23-22(24(37)33(3)28(39)32(23)2)36(26)17-18-5-9-20(29)10-6-18/h5-12H,4,13-17H2,1-3H3,(H,30,41). The maximum Gasteiger partial charge on any atom is 0.338 e. The van der Waals surface area contributed by atoms with Crippen molar-refractivity contribution in [1.29, 1.82) is 0 Å². The van der Waals surface area contributed by atoms with Crippen LogP contribution in [0.25, 0.3) is 11.2 Å². The second-order valence-corrected chi connectivity index (χ2v) is 11.0. The fourth-order valence-electron chi connectivity index (χ4n) is 4.81. The average Bonchev–Trinajstić information content (AvgIpc) is 3.36. The number of rotatable bonds is 6. The van der Waals surface area contributed by atoms with Crippen molar-refractivity contribution in [3.63, 3.8) is 0 Å². The number of carbonyl (C=O) groups is 1. The summed E-state index contributed by atoms with van der Waals surface area (Å²) in [6.45, 7) is 5.01. The Kier molecular flexibility index (Phi) is 8.27. The molecule has 0 aliphatic carbocycles. The van der Waals surface area contributed by atoms with E-state index in [-0.39, 0.29) is 11.5 Å². The van der Waals surface area contributed by atoms with Gasteiger partial charge >= 0.3 is 11.7 Å². The topological polar surface area (TPSA) is 107 Å². The van der Waals surface area contributed by atoms with Gasteiger partial charge in [-0.1, -0.05) is 28.1 Å². The van der Waals surface area contributed by atoms with E-state index < -0.39 is 5.69 Å². The summed E-state index contributed by atoms with van der Waals surface area (Å²) in [5.74, 6) is 0.274. The van der Waals surface area contributed by atoms with Crippen LogP contribution in [0, 0.1) is 0 Å². The van der Waals surface area contributed by atoms with Crippen LogP contribution in [-0.2, 0) is 25.4 Å². The highest BCUT2D eigenvalue weighted by atomic mass is 79.9. The van der Waals surface area contributed by atoms with E-state index in [1.165, 1.54) is 11.6 Å². The van der Waals surface area contributed by atoms with Gasteiger partial charge in [-0.25, -0.2) is 9.59 Å². The number of esters is 1. The van der Waals surface area contributed by atoms with E-state index in [4.69, 9.17) is 21.9 Å². The summed E-state index contributed by atoms with van der Waals surface area (Å²) in [6.07, 6.45) is 0. The van der Waals surface area contributed by atoms with Gasteiger partial charge in [-0.2, -0.15) is 4.98 Å². The highest BCUT2D eigenvalue weighted by Gasteiger charge is 2.26. The number of hydrogen-bond acceptors (Lipinski definition) is 7. The third-order valence-electron chi connectivity index (χ3n) is 7.08. The summed E-state index contributed by atoms with van der Waals surface area (Å²) in [4.78, 5) is 46.8. The van der Waals surface area contributed by atoms with Crippen LogP contribution >= 0.6 is 28.1 Å². The Morgan fingerprint density at radius 3 is 2.29 bits per heavy atom. The van der Waals surface area contributed by atoms with E-state index in [0.29, 0.717) is 67.1 Å². The van der Waals surface area contributed by atoms with Crippen LogP contribution in [0.15, 0.2) is 62.6 Å². The average molecular weight is 641 g/mol. The van der Waals surface area contributed by atoms with Gasteiger partial charge in [0.2, 0.25) is 5.95 Å². The molecule has 0 spiro atoms. The van der Waals surface area contributed by atoms with Crippen molar-refractivity contribution in [2.75, 3.05) is 43.0 Å². The highest BCUT2D eigenvalue weighted by Crippen LogP contribution is 2.24. The van der Waals surface area contributed by atoms with Gasteiger partial charge in [-0.05, 0) is 61.1 Å². The molecule has 4 aromatic rings. The van der Waals surface area contributed by atoms with Gasteiger partial charge in [0.1, 0.15) is 0 Å². The third kappa shape index (κ3) is 5.77. The van der Waals surface area contributed by atoms with Crippen LogP contribution in [0.5, 0.6) is 0 Å². The number of fused-ring (bicyclic) bond motifs is 1. The normalized spacial score (nSPS) is 13.5. The van der Waals surface area contributed by atoms with Gasteiger partial charge in [-0.3, -0.25) is 18.5 Å². The number of aryl methyl sites for hydroxylation is 1. The fraction of sp³-hybridized carbons (Fsp3) is 0.321. The number of anilines is 2. The van der Waals surface area contributed by atoms with Crippen molar-refractivity contribution in [2.45, 2.75) is 13.5 Å². The predicted molar refractivity (Wildman–Crippen MR) is 166 cm³/mol. The largest absolute Gasteiger partial charge is 0.462 e. The molecule has 11 nitrogen and oxygen atoms in total. The second-order valence-electron chi connectivity index (χ2n) is 9.70. The first-order valence-electron chi connectivity index (χ1n) is 13.2. The molecule has 0 bridgehead atoms. The summed E-state index contributed by atoms with van der Waals surface area (Å²) in [7, 11) is 3.12. The fourth-order valence-corrected chi connectivity index (χ4v) is 5.38. The van der Waals surface area contributed by atoms with Gasteiger partial charge in [0.25, 0.3) is 5.56 Å². The van der Waals surface area contributed by atoms with Crippen LogP contribution in [0.2, 0.25) is 0 Å². The molecule has 13 heteroatoms. The molecule has 1 aliphatic heterocycles. The van der Waals surface area contributed by atoms with E-state index in [0.717, 1.165) is 20.3 Å². The van der Waals surface area contributed by atoms with Crippen LogP contribution in [0.3, 0.4) is 0 Å². The Labute approximate surface area is 250 Å². The van der Waals surface area contributed by atoms with Crippen LogP contribution < -0.4 is 21.5 Å². The lowest BCUT2D eigenvalue weighted by Crippen LogP contribution is -2.50. The molecule has 1 fully saturated rings. The van der Waals surface area contributed by atoms with Crippen molar-refractivity contribution in [3.05, 3.63) is 85.0 Å². The second kappa shape index (κ2) is 11.9. The number of piperazine rings is 1. The Balaban J connectivity index is 1.36. The molecule has 2 aromatic carbocycles. The molecule has 0 radical (unpaired) electrons. The van der Waals surface area contributed by atoms with Crippen molar-refractivity contribution in [3.8, 4) is 0 Å². The van der Waals surface area contributed by atoms with Gasteiger partial charge in [0.15, 0.2) is 16.3 Å². The Morgan fingerprint density at radius 1 is 1.00 bits per heavy atom. The number of imidazole rings is 1. The smallest absolute Gasteiger partial charge is 0.338 e. The summed E-state index contributed by atoms with van der Waals surface area (Å²) in [5, 5.41) is 3.82. The molecule has 2 aromatic heterocycles. The summed E-state index contributed by atoms with van der Waals surface area (Å²) >= 11 is 9.15. The van der Waals surface area contributed by atoms with Gasteiger partial charge < -0.3 is 19.9 Å². The van der Waals surface area contributed by atoms with Crippen molar-refractivity contribution >= 4 is 62.0 Å². The van der Waals surface area contributed by atoms with Gasteiger partial charge in [-0.15, -0.1) is 0 Å². The van der Waals surface area contributed by atoms with E-state index in [1.807, 2.05) is 28.8 Å². The minimum Gasteiger partial charge on any atom is -0.462 e. The van der Waals surface area contributed by atoms with Crippen molar-refractivity contribution in [1.82, 2.24) is 23.6 Å². The number of thiocarbonyl (C=S) groups is 1. The number of benzene rings is 2. The first kappa shape index (κ1) is 28.6. The molecule has 41 heavy (non-hydrogen) atoms. The highest BCUT2D eigenvalue weighted by molar-refractivity contribution is 9.10. The number of halogens is 1. The van der Waals surface area contributed by atoms with Crippen LogP contribution in [0.4, 0.5) is 11.6 Å². The van der Waals surface area contributed by atoms with Crippen molar-refractivity contribution in [2.24, 2.45) is 14.1 Å².